The predicted molar refractivity (Wildman–Crippen MR) is 63.1 cm³/mol. The molecular weight excluding hydrogens is 240 g/mol. The lowest BCUT2D eigenvalue weighted by atomic mass is 10.2. The number of ketones is 1. The van der Waals surface area contributed by atoms with Gasteiger partial charge in [0.05, 0.1) is 13.0 Å². The van der Waals surface area contributed by atoms with Crippen LogP contribution in [0.25, 0.3) is 0 Å². The molecule has 0 amide bonds. The maximum Gasteiger partial charge on any atom is 0.333 e. The van der Waals surface area contributed by atoms with Crippen molar-refractivity contribution in [1.82, 2.24) is 0 Å². The number of aliphatic carboxylic acids is 1. The summed E-state index contributed by atoms with van der Waals surface area (Å²) in [6.45, 7) is 7.52. The molecule has 1 aliphatic heterocycles. The van der Waals surface area contributed by atoms with Gasteiger partial charge in [0.25, 0.3) is 0 Å². The van der Waals surface area contributed by atoms with Crippen LogP contribution in [0.3, 0.4) is 0 Å². The predicted octanol–water partition coefficient (Wildman–Crippen LogP) is 0.945. The first kappa shape index (κ1) is 16.3. The molecule has 1 saturated heterocycles. The molecule has 0 aromatic rings. The number of epoxide rings is 1. The third kappa shape index (κ3) is 10.8. The second kappa shape index (κ2) is 8.41. The van der Waals surface area contributed by atoms with E-state index in [0.29, 0.717) is 18.8 Å². The summed E-state index contributed by atoms with van der Waals surface area (Å²) in [6, 6.07) is 0. The molecule has 6 heteroatoms. The molecule has 1 unspecified atom stereocenters. The van der Waals surface area contributed by atoms with E-state index >= 15 is 0 Å². The van der Waals surface area contributed by atoms with Crippen molar-refractivity contribution in [2.45, 2.75) is 32.8 Å². The van der Waals surface area contributed by atoms with Crippen LogP contribution >= 0.6 is 0 Å². The van der Waals surface area contributed by atoms with E-state index in [2.05, 4.69) is 6.58 Å². The van der Waals surface area contributed by atoms with Gasteiger partial charge in [-0.05, 0) is 13.8 Å². The van der Waals surface area contributed by atoms with Gasteiger partial charge in [-0.3, -0.25) is 4.79 Å². The maximum absolute atomic E-state index is 10.7. The molecular formula is C12H18O6. The van der Waals surface area contributed by atoms with Gasteiger partial charge in [0.2, 0.25) is 0 Å². The molecule has 0 radical (unpaired) electrons. The Labute approximate surface area is 106 Å². The second-order valence-corrected chi connectivity index (χ2v) is 3.93. The van der Waals surface area contributed by atoms with E-state index < -0.39 is 5.97 Å². The highest BCUT2D eigenvalue weighted by Crippen LogP contribution is 2.09. The lowest BCUT2D eigenvalue weighted by Crippen LogP contribution is -2.09. The molecule has 0 saturated carbocycles. The average molecular weight is 258 g/mol. The van der Waals surface area contributed by atoms with Crippen LogP contribution in [-0.2, 0) is 23.9 Å². The number of carbonyl (C=O) groups excluding carboxylic acids is 2. The number of ether oxygens (including phenoxy) is 2. The van der Waals surface area contributed by atoms with E-state index in [-0.39, 0.29) is 30.7 Å². The third-order valence-corrected chi connectivity index (χ3v) is 1.84. The van der Waals surface area contributed by atoms with Crippen LogP contribution in [0.15, 0.2) is 12.2 Å². The van der Waals surface area contributed by atoms with Crippen LogP contribution < -0.4 is 0 Å². The fourth-order valence-electron chi connectivity index (χ4n) is 0.739. The van der Waals surface area contributed by atoms with Gasteiger partial charge in [0.1, 0.15) is 18.5 Å². The number of carbonyl (C=O) groups is 3. The Kier molecular flexibility index (Phi) is 7.62. The molecule has 1 atom stereocenters. The van der Waals surface area contributed by atoms with Crippen molar-refractivity contribution in [2.75, 3.05) is 13.2 Å². The standard InChI is InChI=1S/C7H10O3.C5H8O3/c1-5(2)7(8)10-4-6-3-9-6;1-4(6)2-3-5(7)8/h6H,1,3-4H2,2H3;2-3H2,1H3,(H,7,8). The molecule has 6 nitrogen and oxygen atoms in total. The highest BCUT2D eigenvalue weighted by atomic mass is 16.6. The topological polar surface area (TPSA) is 93.2 Å². The summed E-state index contributed by atoms with van der Waals surface area (Å²) < 4.78 is 9.60. The monoisotopic (exact) mass is 258 g/mol. The Balaban J connectivity index is 0.000000331. The molecule has 0 bridgehead atoms. The number of carboxylic acid groups (broad SMARTS) is 1. The molecule has 1 N–H and O–H groups in total. The molecule has 0 aliphatic carbocycles. The molecule has 1 aliphatic rings. The smallest absolute Gasteiger partial charge is 0.333 e. The van der Waals surface area contributed by atoms with Gasteiger partial charge in [-0.15, -0.1) is 0 Å². The van der Waals surface area contributed by atoms with Crippen LogP contribution in [0.1, 0.15) is 26.7 Å². The molecule has 18 heavy (non-hydrogen) atoms. The number of Topliss-reactive ketones (excluding diaryl/α,β-unsaturated/α-hetero) is 1. The van der Waals surface area contributed by atoms with E-state index in [9.17, 15) is 14.4 Å². The van der Waals surface area contributed by atoms with Crippen LogP contribution in [0.5, 0.6) is 0 Å². The fourth-order valence-corrected chi connectivity index (χ4v) is 0.739. The Bertz CT molecular complexity index is 315. The Morgan fingerprint density at radius 3 is 2.17 bits per heavy atom. The quantitative estimate of drug-likeness (QED) is 0.433. The molecule has 0 aromatic carbocycles. The Morgan fingerprint density at radius 2 is 1.89 bits per heavy atom. The van der Waals surface area contributed by atoms with Gasteiger partial charge >= 0.3 is 11.9 Å². The molecule has 0 spiro atoms. The van der Waals surface area contributed by atoms with Gasteiger partial charge < -0.3 is 19.4 Å². The van der Waals surface area contributed by atoms with Crippen LogP contribution in [0.4, 0.5) is 0 Å². The minimum atomic E-state index is -0.916. The Hall–Kier alpha value is -1.69. The number of rotatable bonds is 6. The molecule has 0 aromatic heterocycles. The van der Waals surface area contributed by atoms with Crippen molar-refractivity contribution in [1.29, 1.82) is 0 Å². The van der Waals surface area contributed by atoms with E-state index in [0.717, 1.165) is 0 Å². The normalized spacial score (nSPS) is 16.0. The van der Waals surface area contributed by atoms with Crippen LogP contribution in [0, 0.1) is 0 Å². The van der Waals surface area contributed by atoms with Crippen molar-refractivity contribution in [3.63, 3.8) is 0 Å². The lowest BCUT2D eigenvalue weighted by Gasteiger charge is -1.99. The fraction of sp³-hybridized carbons (Fsp3) is 0.583. The largest absolute Gasteiger partial charge is 0.481 e. The molecule has 102 valence electrons. The average Bonchev–Trinajstić information content (AvgIpc) is 3.07. The first-order chi connectivity index (χ1) is 8.32. The highest BCUT2D eigenvalue weighted by Gasteiger charge is 2.24. The summed E-state index contributed by atoms with van der Waals surface area (Å²) in [6.07, 6.45) is 0.244. The van der Waals surface area contributed by atoms with E-state index in [4.69, 9.17) is 14.6 Å². The molecule has 1 rings (SSSR count). The van der Waals surface area contributed by atoms with Crippen molar-refractivity contribution in [3.8, 4) is 0 Å². The summed E-state index contributed by atoms with van der Waals surface area (Å²) in [5.41, 5.74) is 0.431. The van der Waals surface area contributed by atoms with Gasteiger partial charge in [0.15, 0.2) is 0 Å². The number of esters is 1. The summed E-state index contributed by atoms with van der Waals surface area (Å²) in [5, 5.41) is 8.01. The zero-order valence-corrected chi connectivity index (χ0v) is 10.6. The van der Waals surface area contributed by atoms with Gasteiger partial charge in [0, 0.05) is 12.0 Å². The maximum atomic E-state index is 10.7. The van der Waals surface area contributed by atoms with Gasteiger partial charge in [-0.25, -0.2) is 4.79 Å². The lowest BCUT2D eigenvalue weighted by molar-refractivity contribution is -0.139. The number of carboxylic acids is 1. The van der Waals surface area contributed by atoms with Crippen LogP contribution in [0.2, 0.25) is 0 Å². The van der Waals surface area contributed by atoms with Crippen molar-refractivity contribution in [3.05, 3.63) is 12.2 Å². The third-order valence-electron chi connectivity index (χ3n) is 1.84. The minimum Gasteiger partial charge on any atom is -0.481 e. The Morgan fingerprint density at radius 1 is 1.33 bits per heavy atom. The van der Waals surface area contributed by atoms with Gasteiger partial charge in [-0.2, -0.15) is 0 Å². The number of hydrogen-bond donors (Lipinski definition) is 1. The second-order valence-electron chi connectivity index (χ2n) is 3.93. The summed E-state index contributed by atoms with van der Waals surface area (Å²) in [5.74, 6) is -1.33. The summed E-state index contributed by atoms with van der Waals surface area (Å²) in [7, 11) is 0. The summed E-state index contributed by atoms with van der Waals surface area (Å²) >= 11 is 0. The molecule has 1 heterocycles. The minimum absolute atomic E-state index is 0.0463. The van der Waals surface area contributed by atoms with E-state index in [1.807, 2.05) is 0 Å². The zero-order valence-electron chi connectivity index (χ0n) is 10.6. The first-order valence-electron chi connectivity index (χ1n) is 5.48. The summed E-state index contributed by atoms with van der Waals surface area (Å²) in [4.78, 5) is 30.5. The van der Waals surface area contributed by atoms with Crippen molar-refractivity contribution < 1.29 is 29.0 Å². The van der Waals surface area contributed by atoms with E-state index in [1.54, 1.807) is 6.92 Å². The van der Waals surface area contributed by atoms with E-state index in [1.165, 1.54) is 6.92 Å². The van der Waals surface area contributed by atoms with Crippen molar-refractivity contribution in [2.24, 2.45) is 0 Å². The first-order valence-corrected chi connectivity index (χ1v) is 5.48. The number of hydrogen-bond acceptors (Lipinski definition) is 5. The highest BCUT2D eigenvalue weighted by molar-refractivity contribution is 5.86. The molecule has 1 fully saturated rings. The van der Waals surface area contributed by atoms with Crippen LogP contribution in [-0.4, -0.2) is 42.1 Å². The van der Waals surface area contributed by atoms with Gasteiger partial charge in [-0.1, -0.05) is 6.58 Å². The SMILES string of the molecule is C=C(C)C(=O)OCC1CO1.CC(=O)CCC(=O)O. The van der Waals surface area contributed by atoms with Crippen molar-refractivity contribution >= 4 is 17.7 Å². The zero-order chi connectivity index (χ0) is 14.1.